The first-order valence-corrected chi connectivity index (χ1v) is 13.2. The molecule has 0 aliphatic carbocycles. The Morgan fingerprint density at radius 1 is 0.795 bits per heavy atom. The number of hydrogen-bond acceptors (Lipinski definition) is 1. The van der Waals surface area contributed by atoms with Crippen LogP contribution < -0.4 is 0 Å². The number of nitrogens with zero attached hydrogens (tertiary/aromatic N) is 2. The second-order valence-electron chi connectivity index (χ2n) is 13.0. The standard InChI is InChI=1S/C34H39N2.CH3.Ir.Y/c1-21-13-12-14-22(2)30(21)31-23(3)35-32-27-16-11-10-15-26(27)28-17-24(19-33(4,5)6)25(20-34(7,8)9)18-29(28)36(31)32;;;/h10-15,17-18H,19-20H2,1-9H3;1H3;;/q2*-1;;. The van der Waals surface area contributed by atoms with Gasteiger partial charge in [0.15, 0.2) is 0 Å². The van der Waals surface area contributed by atoms with Gasteiger partial charge in [-0.15, -0.1) is 29.7 Å². The maximum atomic E-state index is 5.17. The van der Waals surface area contributed by atoms with Gasteiger partial charge in [-0.2, -0.15) is 0 Å². The zero-order valence-corrected chi connectivity index (χ0v) is 30.6. The van der Waals surface area contributed by atoms with E-state index in [0.717, 1.165) is 29.6 Å². The van der Waals surface area contributed by atoms with Crippen molar-refractivity contribution in [1.29, 1.82) is 0 Å². The topological polar surface area (TPSA) is 17.3 Å². The van der Waals surface area contributed by atoms with Crippen LogP contribution in [0.2, 0.25) is 0 Å². The second kappa shape index (κ2) is 12.2. The number of aromatic nitrogens is 2. The number of rotatable bonds is 3. The van der Waals surface area contributed by atoms with Crippen LogP contribution in [0.25, 0.3) is 38.6 Å². The van der Waals surface area contributed by atoms with Gasteiger partial charge in [-0.25, -0.2) is 0 Å². The number of benzene rings is 3. The van der Waals surface area contributed by atoms with Crippen LogP contribution in [-0.2, 0) is 65.7 Å². The summed E-state index contributed by atoms with van der Waals surface area (Å²) in [4.78, 5) is 5.17. The molecule has 2 aromatic heterocycles. The van der Waals surface area contributed by atoms with Crippen molar-refractivity contribution in [3.8, 4) is 11.3 Å². The molecule has 0 amide bonds. The van der Waals surface area contributed by atoms with Crippen molar-refractivity contribution in [2.75, 3.05) is 0 Å². The molecule has 0 N–H and O–H groups in total. The number of hydrogen-bond donors (Lipinski definition) is 0. The van der Waals surface area contributed by atoms with Crippen molar-refractivity contribution in [2.45, 2.75) is 75.2 Å². The largest absolute Gasteiger partial charge is 0.358 e. The van der Waals surface area contributed by atoms with Crippen LogP contribution >= 0.6 is 0 Å². The van der Waals surface area contributed by atoms with E-state index in [-0.39, 0.29) is 71.1 Å². The maximum Gasteiger partial charge on any atom is 0.0669 e. The number of imidazole rings is 1. The fourth-order valence-corrected chi connectivity index (χ4v) is 5.81. The predicted octanol–water partition coefficient (Wildman–Crippen LogP) is 9.66. The number of fused-ring (bicyclic) bond motifs is 6. The van der Waals surface area contributed by atoms with Crippen LogP contribution in [-0.4, -0.2) is 9.38 Å². The first-order valence-electron chi connectivity index (χ1n) is 13.2. The van der Waals surface area contributed by atoms with E-state index in [1.807, 2.05) is 6.07 Å². The fraction of sp³-hybridized carbons (Fsp3) is 0.371. The Hall–Kier alpha value is -1.38. The monoisotopic (exact) mass is 772 g/mol. The van der Waals surface area contributed by atoms with E-state index in [4.69, 9.17) is 4.98 Å². The summed E-state index contributed by atoms with van der Waals surface area (Å²) in [7, 11) is 0. The van der Waals surface area contributed by atoms with Gasteiger partial charge in [0.25, 0.3) is 0 Å². The summed E-state index contributed by atoms with van der Waals surface area (Å²) in [6, 6.07) is 21.4. The van der Waals surface area contributed by atoms with Crippen LogP contribution in [0.1, 0.15) is 69.5 Å². The number of aryl methyl sites for hydroxylation is 3. The Balaban J connectivity index is 0.00000178. The van der Waals surface area contributed by atoms with Gasteiger partial charge >= 0.3 is 0 Å². The summed E-state index contributed by atoms with van der Waals surface area (Å²) in [6.45, 7) is 20.6. The van der Waals surface area contributed by atoms with Gasteiger partial charge < -0.3 is 11.8 Å². The zero-order chi connectivity index (χ0) is 26.0. The Kier molecular flexibility index (Phi) is 10.6. The molecule has 0 bridgehead atoms. The molecular formula is C35H42IrN2Y-2. The van der Waals surface area contributed by atoms with Gasteiger partial charge in [-0.3, -0.25) is 4.98 Å². The average molecular weight is 772 g/mol. The van der Waals surface area contributed by atoms with Gasteiger partial charge in [-0.05, 0) is 78.1 Å². The van der Waals surface area contributed by atoms with Gasteiger partial charge in [-0.1, -0.05) is 71.2 Å². The molecule has 3 aromatic carbocycles. The predicted molar refractivity (Wildman–Crippen MR) is 161 cm³/mol. The van der Waals surface area contributed by atoms with E-state index in [0.29, 0.717) is 0 Å². The van der Waals surface area contributed by atoms with Crippen LogP contribution in [0.15, 0.2) is 48.5 Å². The molecule has 0 atom stereocenters. The minimum atomic E-state index is 0. The molecule has 39 heavy (non-hydrogen) atoms. The van der Waals surface area contributed by atoms with Gasteiger partial charge in [0.2, 0.25) is 0 Å². The molecule has 0 fully saturated rings. The molecule has 0 unspecified atom stereocenters. The fourth-order valence-electron chi connectivity index (χ4n) is 5.81. The quantitative estimate of drug-likeness (QED) is 0.132. The van der Waals surface area contributed by atoms with Gasteiger partial charge in [0, 0.05) is 63.9 Å². The smallest absolute Gasteiger partial charge is 0.0669 e. The van der Waals surface area contributed by atoms with Crippen molar-refractivity contribution < 1.29 is 52.8 Å². The molecule has 0 aliphatic heterocycles. The van der Waals surface area contributed by atoms with Crippen LogP contribution in [0, 0.1) is 45.1 Å². The molecular weight excluding hydrogens is 730 g/mol. The molecule has 2 heterocycles. The van der Waals surface area contributed by atoms with E-state index in [2.05, 4.69) is 115 Å². The van der Waals surface area contributed by atoms with Crippen molar-refractivity contribution >= 4 is 27.3 Å². The van der Waals surface area contributed by atoms with Crippen molar-refractivity contribution in [3.63, 3.8) is 0 Å². The summed E-state index contributed by atoms with van der Waals surface area (Å²) >= 11 is 0. The summed E-state index contributed by atoms with van der Waals surface area (Å²) in [6.07, 6.45) is 2.10. The zero-order valence-electron chi connectivity index (χ0n) is 25.3. The first-order chi connectivity index (χ1) is 16.8. The third kappa shape index (κ3) is 6.59. The van der Waals surface area contributed by atoms with Gasteiger partial charge in [0.05, 0.1) is 17.0 Å². The second-order valence-corrected chi connectivity index (χ2v) is 13.0. The van der Waals surface area contributed by atoms with E-state index >= 15 is 0 Å². The molecule has 2 nitrogen and oxygen atoms in total. The Labute approximate surface area is 274 Å². The molecule has 0 saturated heterocycles. The molecule has 5 aromatic rings. The molecule has 0 saturated carbocycles. The maximum absolute atomic E-state index is 5.17. The van der Waals surface area contributed by atoms with Gasteiger partial charge in [0.1, 0.15) is 0 Å². The van der Waals surface area contributed by atoms with Crippen molar-refractivity contribution in [3.05, 3.63) is 90.0 Å². The van der Waals surface area contributed by atoms with Crippen LogP contribution in [0.3, 0.4) is 0 Å². The van der Waals surface area contributed by atoms with Crippen LogP contribution in [0.4, 0.5) is 0 Å². The summed E-state index contributed by atoms with van der Waals surface area (Å²) in [5.74, 6) is 0. The minimum Gasteiger partial charge on any atom is -0.358 e. The molecule has 0 spiro atoms. The summed E-state index contributed by atoms with van der Waals surface area (Å²) in [5.41, 5.74) is 11.7. The molecule has 0 aliphatic rings. The SMILES string of the molecule is Cc1cccc(C)c1-c1c(C)nc2c3[c-]cccc3c3cc(CC(C)(C)C)c(CC(C)(C)C)cc3n12.[CH3-].[Ir].[Y]. The van der Waals surface area contributed by atoms with E-state index in [1.165, 1.54) is 49.8 Å². The normalized spacial score (nSPS) is 11.8. The Morgan fingerprint density at radius 3 is 1.92 bits per heavy atom. The number of pyridine rings is 1. The van der Waals surface area contributed by atoms with Crippen LogP contribution in [0.5, 0.6) is 0 Å². The molecule has 2 radical (unpaired) electrons. The van der Waals surface area contributed by atoms with Crippen molar-refractivity contribution in [2.24, 2.45) is 10.8 Å². The van der Waals surface area contributed by atoms with Crippen molar-refractivity contribution in [1.82, 2.24) is 9.38 Å². The first kappa shape index (κ1) is 33.8. The third-order valence-electron chi connectivity index (χ3n) is 7.14. The van der Waals surface area contributed by atoms with E-state index in [9.17, 15) is 0 Å². The molecule has 206 valence electrons. The average Bonchev–Trinajstić information content (AvgIpc) is 3.10. The summed E-state index contributed by atoms with van der Waals surface area (Å²) in [5, 5.41) is 3.61. The Morgan fingerprint density at radius 2 is 1.36 bits per heavy atom. The van der Waals surface area contributed by atoms with E-state index < -0.39 is 0 Å². The third-order valence-corrected chi connectivity index (χ3v) is 7.14. The minimum absolute atomic E-state index is 0. The molecule has 4 heteroatoms. The molecule has 5 rings (SSSR count). The summed E-state index contributed by atoms with van der Waals surface area (Å²) < 4.78 is 2.42. The Bertz CT molecular complexity index is 1610. The van der Waals surface area contributed by atoms with E-state index in [1.54, 1.807) is 0 Å².